The van der Waals surface area contributed by atoms with E-state index >= 15 is 0 Å². The Balaban J connectivity index is 3.45. The standard InChI is InChI=1S/CF3OS/c2-1(3,4)6-5/q+1. The largest absolute Gasteiger partial charge is 0.698 e. The van der Waals surface area contributed by atoms with Crippen LogP contribution in [0.4, 0.5) is 13.2 Å². The molecule has 36 valence electrons. The molecule has 0 spiro atoms. The monoisotopic (exact) mass is 117 g/mol. The molecule has 5 heteroatoms. The summed E-state index contributed by atoms with van der Waals surface area (Å²) in [4.78, 5) is 0. The van der Waals surface area contributed by atoms with Gasteiger partial charge in [0.15, 0.2) is 0 Å². The highest BCUT2D eigenvalue weighted by Crippen LogP contribution is 2.11. The molecule has 1 nitrogen and oxygen atoms in total. The van der Waals surface area contributed by atoms with Crippen molar-refractivity contribution in [1.29, 1.82) is 0 Å². The van der Waals surface area contributed by atoms with E-state index in [0.717, 1.165) is 0 Å². The van der Waals surface area contributed by atoms with Gasteiger partial charge in [-0.2, -0.15) is 0 Å². The van der Waals surface area contributed by atoms with E-state index in [1.165, 1.54) is 0 Å². The Morgan fingerprint density at radius 2 is 1.50 bits per heavy atom. The van der Waals surface area contributed by atoms with Crippen LogP contribution in [0.5, 0.6) is 0 Å². The zero-order valence-corrected chi connectivity index (χ0v) is 3.27. The molecule has 0 aromatic rings. The summed E-state index contributed by atoms with van der Waals surface area (Å²) in [7, 11) is 0. The van der Waals surface area contributed by atoms with Crippen molar-refractivity contribution in [2.24, 2.45) is 0 Å². The molecule has 0 atom stereocenters. The fourth-order valence-electron chi connectivity index (χ4n) is 0. The summed E-state index contributed by atoms with van der Waals surface area (Å²) < 4.78 is 40.0. The van der Waals surface area contributed by atoms with Crippen LogP contribution in [-0.4, -0.2) is 5.51 Å². The Morgan fingerprint density at radius 1 is 1.33 bits per heavy atom. The van der Waals surface area contributed by atoms with Crippen molar-refractivity contribution in [2.75, 3.05) is 0 Å². The molecule has 0 saturated heterocycles. The topological polar surface area (TPSA) is 17.1 Å². The van der Waals surface area contributed by atoms with Crippen LogP contribution in [0.3, 0.4) is 0 Å². The van der Waals surface area contributed by atoms with Crippen LogP contribution in [0.2, 0.25) is 0 Å². The summed E-state index contributed by atoms with van der Waals surface area (Å²) in [6, 6.07) is 0. The van der Waals surface area contributed by atoms with Gasteiger partial charge >= 0.3 is 17.2 Å². The van der Waals surface area contributed by atoms with E-state index in [1.807, 2.05) is 0 Å². The van der Waals surface area contributed by atoms with Crippen molar-refractivity contribution in [3.05, 3.63) is 0 Å². The molecular weight excluding hydrogens is 117 g/mol. The minimum absolute atomic E-state index is 1.37. The SMILES string of the molecule is O=[S+]C(F)(F)F. The summed E-state index contributed by atoms with van der Waals surface area (Å²) >= 11 is -1.37. The lowest BCUT2D eigenvalue weighted by Gasteiger charge is -1.69. The molecule has 0 aromatic heterocycles. The smallest absolute Gasteiger partial charge is 0.111 e. The molecule has 0 bridgehead atoms. The highest BCUT2D eigenvalue weighted by atomic mass is 32.1. The first-order chi connectivity index (χ1) is 2.56. The van der Waals surface area contributed by atoms with Gasteiger partial charge in [-0.05, 0) is 0 Å². The second-order valence-electron chi connectivity index (χ2n) is 0.529. The predicted molar refractivity (Wildman–Crippen MR) is 14.1 cm³/mol. The summed E-state index contributed by atoms with van der Waals surface area (Å²) in [5, 5.41) is 0. The minimum Gasteiger partial charge on any atom is -0.111 e. The Hall–Kier alpha value is -0.190. The molecule has 0 radical (unpaired) electrons. The van der Waals surface area contributed by atoms with Gasteiger partial charge in [0.2, 0.25) is 0 Å². The first-order valence-electron chi connectivity index (χ1n) is 0.938. The van der Waals surface area contributed by atoms with Gasteiger partial charge in [0.1, 0.15) is 0 Å². The van der Waals surface area contributed by atoms with Crippen LogP contribution in [0.25, 0.3) is 0 Å². The Morgan fingerprint density at radius 3 is 1.50 bits per heavy atom. The third kappa shape index (κ3) is 3.81. The van der Waals surface area contributed by atoms with Crippen molar-refractivity contribution >= 4 is 11.7 Å². The van der Waals surface area contributed by atoms with Gasteiger partial charge in [0, 0.05) is 4.21 Å². The lowest BCUT2D eigenvalue weighted by atomic mass is 11.6. The molecule has 0 N–H and O–H groups in total. The third-order valence-corrected chi connectivity index (χ3v) is 0.283. The molecule has 6 heavy (non-hydrogen) atoms. The van der Waals surface area contributed by atoms with Gasteiger partial charge in [-0.3, -0.25) is 0 Å². The van der Waals surface area contributed by atoms with E-state index in [0.29, 0.717) is 0 Å². The zero-order valence-electron chi connectivity index (χ0n) is 2.45. The second-order valence-corrected chi connectivity index (χ2v) is 1.16. The predicted octanol–water partition coefficient (Wildman–Crippen LogP) is 0.934. The Kier molecular flexibility index (Phi) is 1.46. The highest BCUT2D eigenvalue weighted by Gasteiger charge is 2.46. The summed E-state index contributed by atoms with van der Waals surface area (Å²) in [5.74, 6) is 0. The number of hydrogen-bond donors (Lipinski definition) is 0. The molecule has 0 aliphatic heterocycles. The lowest BCUT2D eigenvalue weighted by molar-refractivity contribution is -0.0359. The van der Waals surface area contributed by atoms with Gasteiger partial charge in [-0.15, -0.1) is 13.2 Å². The molecule has 0 fully saturated rings. The van der Waals surface area contributed by atoms with Gasteiger partial charge in [-0.1, -0.05) is 0 Å². The van der Waals surface area contributed by atoms with Gasteiger partial charge < -0.3 is 0 Å². The normalized spacial score (nSPS) is 11.2. The first-order valence-corrected chi connectivity index (χ1v) is 1.68. The average Bonchev–Trinajstić information content (AvgIpc) is 1.35. The molecule has 0 saturated carbocycles. The van der Waals surface area contributed by atoms with Crippen LogP contribution >= 0.6 is 0 Å². The summed E-state index contributed by atoms with van der Waals surface area (Å²) in [5.41, 5.74) is -4.60. The summed E-state index contributed by atoms with van der Waals surface area (Å²) in [6.07, 6.45) is 0. The quantitative estimate of drug-likeness (QED) is 0.431. The fourth-order valence-corrected chi connectivity index (χ4v) is 0. The van der Waals surface area contributed by atoms with Crippen LogP contribution in [-0.2, 0) is 15.9 Å². The molecule has 0 aromatic carbocycles. The van der Waals surface area contributed by atoms with E-state index in [1.54, 1.807) is 0 Å². The van der Waals surface area contributed by atoms with Crippen LogP contribution in [0, 0.1) is 0 Å². The molecule has 0 amide bonds. The van der Waals surface area contributed by atoms with E-state index in [2.05, 4.69) is 0 Å². The molecule has 0 heterocycles. The molecule has 0 aliphatic carbocycles. The summed E-state index contributed by atoms with van der Waals surface area (Å²) in [6.45, 7) is 0. The minimum atomic E-state index is -4.60. The number of rotatable bonds is 0. The molecular formula is CF3OS+. The molecule has 0 rings (SSSR count). The van der Waals surface area contributed by atoms with E-state index in [4.69, 9.17) is 4.21 Å². The Bertz CT molecular complexity index is 56.3. The van der Waals surface area contributed by atoms with Crippen molar-refractivity contribution < 1.29 is 17.4 Å². The highest BCUT2D eigenvalue weighted by molar-refractivity contribution is 7.66. The van der Waals surface area contributed by atoms with Crippen LogP contribution < -0.4 is 0 Å². The van der Waals surface area contributed by atoms with Crippen LogP contribution in [0.15, 0.2) is 0 Å². The van der Waals surface area contributed by atoms with E-state index < -0.39 is 17.2 Å². The maximum absolute atomic E-state index is 10.4. The average molecular weight is 117 g/mol. The lowest BCUT2D eigenvalue weighted by Crippen LogP contribution is -2.01. The molecule has 0 aliphatic rings. The van der Waals surface area contributed by atoms with Gasteiger partial charge in [-0.25, -0.2) is 0 Å². The van der Waals surface area contributed by atoms with Crippen molar-refractivity contribution in [1.82, 2.24) is 0 Å². The first kappa shape index (κ1) is 5.81. The van der Waals surface area contributed by atoms with Crippen molar-refractivity contribution in [2.45, 2.75) is 5.51 Å². The van der Waals surface area contributed by atoms with Crippen molar-refractivity contribution in [3.63, 3.8) is 0 Å². The third-order valence-electron chi connectivity index (χ3n) is 0.0945. The van der Waals surface area contributed by atoms with Crippen LogP contribution in [0.1, 0.15) is 0 Å². The number of alkyl halides is 3. The number of halogens is 3. The van der Waals surface area contributed by atoms with E-state index in [-0.39, 0.29) is 0 Å². The maximum Gasteiger partial charge on any atom is 0.698 e. The van der Waals surface area contributed by atoms with E-state index in [9.17, 15) is 13.2 Å². The Labute approximate surface area is 35.6 Å². The van der Waals surface area contributed by atoms with Gasteiger partial charge in [0.25, 0.3) is 0 Å². The molecule has 0 unspecified atom stereocenters. The van der Waals surface area contributed by atoms with Gasteiger partial charge in [0.05, 0.1) is 0 Å². The maximum atomic E-state index is 10.4. The number of hydrogen-bond acceptors (Lipinski definition) is 1. The zero-order chi connectivity index (χ0) is 5.21. The van der Waals surface area contributed by atoms with Crippen molar-refractivity contribution in [3.8, 4) is 0 Å². The fraction of sp³-hybridized carbons (Fsp3) is 1.00. The second kappa shape index (κ2) is 1.51.